The van der Waals surface area contributed by atoms with Crippen LogP contribution < -0.4 is 10.1 Å². The molecule has 3 heteroatoms. The summed E-state index contributed by atoms with van der Waals surface area (Å²) in [5, 5.41) is 4.28. The highest BCUT2D eigenvalue weighted by Gasteiger charge is 2.42. The lowest BCUT2D eigenvalue weighted by Crippen LogP contribution is -2.12. The number of ether oxygens (including phenoxy) is 1. The number of halogens is 1. The summed E-state index contributed by atoms with van der Waals surface area (Å²) in [4.78, 5) is 0. The summed E-state index contributed by atoms with van der Waals surface area (Å²) in [5.41, 5.74) is 2.74. The molecule has 3 unspecified atom stereocenters. The second kappa shape index (κ2) is 3.64. The number of nitrogens with one attached hydrogen (secondary N) is 1. The standard InChI is InChI=1S/C13H16ClNO/c1-7-8-3-4-11(16-2)13(14)12(8)10-6-15-5-9(7)10/h3-4,7,9-10,15H,5-6H2,1-2H3. The van der Waals surface area contributed by atoms with Crippen LogP contribution in [0.1, 0.15) is 29.9 Å². The van der Waals surface area contributed by atoms with E-state index in [-0.39, 0.29) is 0 Å². The second-order valence-electron chi connectivity index (χ2n) is 4.80. The maximum atomic E-state index is 6.43. The number of benzene rings is 1. The van der Waals surface area contributed by atoms with Gasteiger partial charge in [0.05, 0.1) is 12.1 Å². The van der Waals surface area contributed by atoms with Crippen LogP contribution in [-0.4, -0.2) is 20.2 Å². The summed E-state index contributed by atoms with van der Waals surface area (Å²) in [6.07, 6.45) is 0. The minimum atomic E-state index is 0.576. The molecule has 1 N–H and O–H groups in total. The van der Waals surface area contributed by atoms with Crippen molar-refractivity contribution in [3.05, 3.63) is 28.3 Å². The van der Waals surface area contributed by atoms with Crippen LogP contribution in [0.4, 0.5) is 0 Å². The number of hydrogen-bond donors (Lipinski definition) is 1. The number of fused-ring (bicyclic) bond motifs is 3. The molecule has 0 spiro atoms. The topological polar surface area (TPSA) is 21.3 Å². The zero-order valence-corrected chi connectivity index (χ0v) is 10.3. The average Bonchev–Trinajstić information content (AvgIpc) is 2.84. The van der Waals surface area contributed by atoms with Gasteiger partial charge in [0.2, 0.25) is 0 Å². The van der Waals surface area contributed by atoms with E-state index in [0.717, 1.165) is 23.9 Å². The zero-order chi connectivity index (χ0) is 11.3. The Morgan fingerprint density at radius 3 is 2.94 bits per heavy atom. The van der Waals surface area contributed by atoms with Crippen molar-refractivity contribution in [3.8, 4) is 5.75 Å². The van der Waals surface area contributed by atoms with E-state index in [1.54, 1.807) is 7.11 Å². The van der Waals surface area contributed by atoms with Crippen molar-refractivity contribution >= 4 is 11.6 Å². The summed E-state index contributed by atoms with van der Waals surface area (Å²) >= 11 is 6.43. The SMILES string of the molecule is COc1ccc2c(c1Cl)C1CNCC1C2C. The summed E-state index contributed by atoms with van der Waals surface area (Å²) in [6.45, 7) is 4.47. The second-order valence-corrected chi connectivity index (χ2v) is 5.18. The van der Waals surface area contributed by atoms with Gasteiger partial charge in [-0.1, -0.05) is 24.6 Å². The van der Waals surface area contributed by atoms with Crippen LogP contribution in [0.5, 0.6) is 5.75 Å². The molecule has 1 aliphatic heterocycles. The number of methoxy groups -OCH3 is 1. The van der Waals surface area contributed by atoms with Gasteiger partial charge >= 0.3 is 0 Å². The predicted molar refractivity (Wildman–Crippen MR) is 65.5 cm³/mol. The first-order valence-electron chi connectivity index (χ1n) is 5.81. The molecule has 1 heterocycles. The van der Waals surface area contributed by atoms with Crippen molar-refractivity contribution < 1.29 is 4.74 Å². The van der Waals surface area contributed by atoms with Gasteiger partial charge in [0.15, 0.2) is 0 Å². The molecule has 2 aliphatic rings. The van der Waals surface area contributed by atoms with Gasteiger partial charge in [0.25, 0.3) is 0 Å². The fourth-order valence-corrected chi connectivity index (χ4v) is 3.68. The molecule has 0 saturated carbocycles. The van der Waals surface area contributed by atoms with E-state index in [1.165, 1.54) is 11.1 Å². The monoisotopic (exact) mass is 237 g/mol. The van der Waals surface area contributed by atoms with Crippen LogP contribution in [0.15, 0.2) is 12.1 Å². The molecule has 1 saturated heterocycles. The van der Waals surface area contributed by atoms with Crippen LogP contribution in [0, 0.1) is 5.92 Å². The van der Waals surface area contributed by atoms with Crippen molar-refractivity contribution in [1.82, 2.24) is 5.32 Å². The summed E-state index contributed by atoms with van der Waals surface area (Å²) in [6, 6.07) is 4.18. The minimum absolute atomic E-state index is 0.576. The van der Waals surface area contributed by atoms with Crippen LogP contribution in [0.3, 0.4) is 0 Å². The fraction of sp³-hybridized carbons (Fsp3) is 0.538. The number of hydrogen-bond acceptors (Lipinski definition) is 2. The molecule has 0 aromatic heterocycles. The Balaban J connectivity index is 2.16. The van der Waals surface area contributed by atoms with E-state index in [1.807, 2.05) is 6.07 Å². The van der Waals surface area contributed by atoms with E-state index < -0.39 is 0 Å². The third-order valence-corrected chi connectivity index (χ3v) is 4.55. The quantitative estimate of drug-likeness (QED) is 0.811. The van der Waals surface area contributed by atoms with Crippen molar-refractivity contribution in [3.63, 3.8) is 0 Å². The summed E-state index contributed by atoms with van der Waals surface area (Å²) in [5.74, 6) is 2.70. The smallest absolute Gasteiger partial charge is 0.137 e. The molecule has 1 aromatic carbocycles. The molecule has 1 fully saturated rings. The van der Waals surface area contributed by atoms with Gasteiger partial charge in [0.1, 0.15) is 5.75 Å². The van der Waals surface area contributed by atoms with Gasteiger partial charge in [-0.05, 0) is 35.6 Å². The molecule has 1 aromatic rings. The predicted octanol–water partition coefficient (Wildman–Crippen LogP) is 2.77. The van der Waals surface area contributed by atoms with E-state index >= 15 is 0 Å². The van der Waals surface area contributed by atoms with E-state index in [0.29, 0.717) is 17.8 Å². The Bertz CT molecular complexity index is 432. The van der Waals surface area contributed by atoms with E-state index in [4.69, 9.17) is 16.3 Å². The Kier molecular flexibility index (Phi) is 2.37. The molecule has 86 valence electrons. The Hall–Kier alpha value is -0.730. The first-order chi connectivity index (χ1) is 7.74. The lowest BCUT2D eigenvalue weighted by Gasteiger charge is -2.12. The van der Waals surface area contributed by atoms with Gasteiger partial charge in [-0.3, -0.25) is 0 Å². The molecule has 3 atom stereocenters. The molecule has 0 bridgehead atoms. The lowest BCUT2D eigenvalue weighted by molar-refractivity contribution is 0.414. The highest BCUT2D eigenvalue weighted by molar-refractivity contribution is 6.33. The van der Waals surface area contributed by atoms with Crippen molar-refractivity contribution in [2.45, 2.75) is 18.8 Å². The minimum Gasteiger partial charge on any atom is -0.495 e. The number of rotatable bonds is 1. The molecule has 0 amide bonds. The first kappa shape index (κ1) is 10.4. The molecule has 3 rings (SSSR count). The third kappa shape index (κ3) is 1.23. The average molecular weight is 238 g/mol. The largest absolute Gasteiger partial charge is 0.495 e. The fourth-order valence-electron chi connectivity index (χ4n) is 3.29. The van der Waals surface area contributed by atoms with Gasteiger partial charge in [-0.25, -0.2) is 0 Å². The maximum Gasteiger partial charge on any atom is 0.137 e. The van der Waals surface area contributed by atoms with Gasteiger partial charge in [-0.15, -0.1) is 0 Å². The van der Waals surface area contributed by atoms with Crippen LogP contribution >= 0.6 is 11.6 Å². The first-order valence-corrected chi connectivity index (χ1v) is 6.18. The Labute approximate surface area is 101 Å². The van der Waals surface area contributed by atoms with Gasteiger partial charge < -0.3 is 10.1 Å². The molecule has 0 radical (unpaired) electrons. The lowest BCUT2D eigenvalue weighted by atomic mass is 9.91. The Morgan fingerprint density at radius 2 is 2.19 bits per heavy atom. The van der Waals surface area contributed by atoms with Crippen molar-refractivity contribution in [2.24, 2.45) is 5.92 Å². The Morgan fingerprint density at radius 1 is 1.38 bits per heavy atom. The zero-order valence-electron chi connectivity index (χ0n) is 9.59. The van der Waals surface area contributed by atoms with Gasteiger partial charge in [-0.2, -0.15) is 0 Å². The molecule has 2 nitrogen and oxygen atoms in total. The van der Waals surface area contributed by atoms with Crippen molar-refractivity contribution in [2.75, 3.05) is 20.2 Å². The van der Waals surface area contributed by atoms with Gasteiger partial charge in [0, 0.05) is 12.5 Å². The molecular formula is C13H16ClNO. The highest BCUT2D eigenvalue weighted by atomic mass is 35.5. The van der Waals surface area contributed by atoms with Crippen molar-refractivity contribution in [1.29, 1.82) is 0 Å². The summed E-state index contributed by atoms with van der Waals surface area (Å²) < 4.78 is 5.30. The normalized spacial score (nSPS) is 31.3. The van der Waals surface area contributed by atoms with E-state index in [2.05, 4.69) is 18.3 Å². The highest BCUT2D eigenvalue weighted by Crippen LogP contribution is 2.52. The van der Waals surface area contributed by atoms with Crippen LogP contribution in [0.2, 0.25) is 5.02 Å². The summed E-state index contributed by atoms with van der Waals surface area (Å²) in [7, 11) is 1.68. The molecular weight excluding hydrogens is 222 g/mol. The molecule has 1 aliphatic carbocycles. The van der Waals surface area contributed by atoms with E-state index in [9.17, 15) is 0 Å². The third-order valence-electron chi connectivity index (χ3n) is 4.16. The van der Waals surface area contributed by atoms with Crippen LogP contribution in [-0.2, 0) is 0 Å². The van der Waals surface area contributed by atoms with Crippen LogP contribution in [0.25, 0.3) is 0 Å². The molecule has 16 heavy (non-hydrogen) atoms. The maximum absolute atomic E-state index is 6.43.